The summed E-state index contributed by atoms with van der Waals surface area (Å²) in [6.45, 7) is 4.37. The van der Waals surface area contributed by atoms with E-state index in [0.29, 0.717) is 5.92 Å². The fourth-order valence-electron chi connectivity index (χ4n) is 3.86. The Hall–Kier alpha value is -0.0400. The molecule has 1 N–H and O–H groups in total. The fraction of sp³-hybridized carbons (Fsp3) is 1.00. The van der Waals surface area contributed by atoms with E-state index in [1.54, 1.807) is 0 Å². The monoisotopic (exact) mass is 224 g/mol. The molecule has 0 spiro atoms. The number of rotatable bonds is 2. The highest BCUT2D eigenvalue weighted by Gasteiger charge is 2.30. The Bertz CT molecular complexity index is 195. The molecule has 0 radical (unpaired) electrons. The molecule has 0 aliphatic heterocycles. The van der Waals surface area contributed by atoms with Crippen LogP contribution in [0, 0.1) is 23.7 Å². The van der Waals surface area contributed by atoms with E-state index in [1.165, 1.54) is 51.4 Å². The van der Waals surface area contributed by atoms with Gasteiger partial charge in [-0.05, 0) is 69.1 Å². The van der Waals surface area contributed by atoms with Crippen LogP contribution in [0.2, 0.25) is 0 Å². The van der Waals surface area contributed by atoms with Crippen molar-refractivity contribution >= 4 is 0 Å². The molecule has 2 aliphatic carbocycles. The van der Waals surface area contributed by atoms with Gasteiger partial charge >= 0.3 is 0 Å². The quantitative estimate of drug-likeness (QED) is 0.751. The molecule has 1 heteroatoms. The Morgan fingerprint density at radius 2 is 1.25 bits per heavy atom. The van der Waals surface area contributed by atoms with Crippen molar-refractivity contribution in [2.75, 3.05) is 0 Å². The highest BCUT2D eigenvalue weighted by Crippen LogP contribution is 2.41. The first-order chi connectivity index (χ1) is 7.66. The zero-order chi connectivity index (χ0) is 11.5. The summed E-state index contributed by atoms with van der Waals surface area (Å²) in [7, 11) is 0. The molecule has 16 heavy (non-hydrogen) atoms. The SMILES string of the molecule is CC1CCC(C2CCC([C@@H](C)O)CC2)CC1. The van der Waals surface area contributed by atoms with Gasteiger partial charge in [-0.1, -0.05) is 19.8 Å². The van der Waals surface area contributed by atoms with Crippen LogP contribution in [0.25, 0.3) is 0 Å². The Balaban J connectivity index is 1.76. The molecular formula is C15H28O. The summed E-state index contributed by atoms with van der Waals surface area (Å²) in [5.74, 6) is 3.58. The van der Waals surface area contributed by atoms with Crippen molar-refractivity contribution in [3.63, 3.8) is 0 Å². The molecule has 0 aromatic heterocycles. The second-order valence-electron chi connectivity index (χ2n) is 6.44. The van der Waals surface area contributed by atoms with E-state index in [4.69, 9.17) is 0 Å². The first kappa shape index (κ1) is 12.4. The lowest BCUT2D eigenvalue weighted by atomic mass is 9.69. The Morgan fingerprint density at radius 3 is 1.69 bits per heavy atom. The average molecular weight is 224 g/mol. The molecule has 0 amide bonds. The maximum Gasteiger partial charge on any atom is 0.0540 e. The predicted molar refractivity (Wildman–Crippen MR) is 68.3 cm³/mol. The van der Waals surface area contributed by atoms with Crippen LogP contribution in [-0.2, 0) is 0 Å². The van der Waals surface area contributed by atoms with Gasteiger partial charge in [0.25, 0.3) is 0 Å². The number of aliphatic hydroxyl groups is 1. The fourth-order valence-corrected chi connectivity index (χ4v) is 3.86. The molecule has 0 aromatic carbocycles. The first-order valence-corrected chi connectivity index (χ1v) is 7.35. The van der Waals surface area contributed by atoms with Crippen LogP contribution in [0.5, 0.6) is 0 Å². The lowest BCUT2D eigenvalue weighted by Gasteiger charge is -2.37. The third-order valence-electron chi connectivity index (χ3n) is 5.23. The average Bonchev–Trinajstić information content (AvgIpc) is 2.30. The molecule has 0 heterocycles. The highest BCUT2D eigenvalue weighted by atomic mass is 16.3. The molecule has 2 saturated carbocycles. The van der Waals surface area contributed by atoms with Gasteiger partial charge in [0.15, 0.2) is 0 Å². The second-order valence-corrected chi connectivity index (χ2v) is 6.44. The van der Waals surface area contributed by atoms with Crippen LogP contribution in [0.1, 0.15) is 65.2 Å². The zero-order valence-corrected chi connectivity index (χ0v) is 11.0. The predicted octanol–water partition coefficient (Wildman–Crippen LogP) is 4.00. The van der Waals surface area contributed by atoms with Crippen molar-refractivity contribution in [2.45, 2.75) is 71.3 Å². The maximum atomic E-state index is 9.61. The Kier molecular flexibility index (Phi) is 4.29. The van der Waals surface area contributed by atoms with Crippen molar-refractivity contribution in [3.05, 3.63) is 0 Å². The zero-order valence-electron chi connectivity index (χ0n) is 11.0. The van der Waals surface area contributed by atoms with Gasteiger partial charge < -0.3 is 5.11 Å². The molecule has 2 rings (SSSR count). The van der Waals surface area contributed by atoms with E-state index in [-0.39, 0.29) is 6.10 Å². The summed E-state index contributed by atoms with van der Waals surface area (Å²) in [6, 6.07) is 0. The van der Waals surface area contributed by atoms with E-state index in [9.17, 15) is 5.11 Å². The standard InChI is InChI=1S/C15H28O/c1-11-3-5-14(6-4-11)15-9-7-13(8-10-15)12(2)16/h11-16H,3-10H2,1-2H3/t11?,12-,13?,14?,15?/m1/s1. The molecular weight excluding hydrogens is 196 g/mol. The van der Waals surface area contributed by atoms with Gasteiger partial charge in [0, 0.05) is 0 Å². The minimum atomic E-state index is -0.0765. The van der Waals surface area contributed by atoms with E-state index in [1.807, 2.05) is 6.92 Å². The number of hydrogen-bond acceptors (Lipinski definition) is 1. The van der Waals surface area contributed by atoms with Crippen LogP contribution in [-0.4, -0.2) is 11.2 Å². The maximum absolute atomic E-state index is 9.61. The summed E-state index contributed by atoms with van der Waals surface area (Å²) in [5, 5.41) is 9.61. The number of aliphatic hydroxyl groups excluding tert-OH is 1. The molecule has 0 unspecified atom stereocenters. The Labute approximate surface area is 101 Å². The molecule has 2 aliphatic rings. The van der Waals surface area contributed by atoms with Gasteiger partial charge in [0.05, 0.1) is 6.10 Å². The van der Waals surface area contributed by atoms with Gasteiger partial charge in [-0.3, -0.25) is 0 Å². The minimum absolute atomic E-state index is 0.0765. The van der Waals surface area contributed by atoms with Gasteiger partial charge in [-0.15, -0.1) is 0 Å². The van der Waals surface area contributed by atoms with Crippen molar-refractivity contribution in [1.29, 1.82) is 0 Å². The van der Waals surface area contributed by atoms with Crippen molar-refractivity contribution < 1.29 is 5.11 Å². The highest BCUT2D eigenvalue weighted by molar-refractivity contribution is 4.82. The molecule has 0 aromatic rings. The molecule has 0 saturated heterocycles. The van der Waals surface area contributed by atoms with Gasteiger partial charge in [0.1, 0.15) is 0 Å². The summed E-state index contributed by atoms with van der Waals surface area (Å²) >= 11 is 0. The van der Waals surface area contributed by atoms with Crippen molar-refractivity contribution in [2.24, 2.45) is 23.7 Å². The number of hydrogen-bond donors (Lipinski definition) is 1. The van der Waals surface area contributed by atoms with Crippen LogP contribution in [0.4, 0.5) is 0 Å². The van der Waals surface area contributed by atoms with Crippen molar-refractivity contribution in [3.8, 4) is 0 Å². The van der Waals surface area contributed by atoms with Crippen LogP contribution >= 0.6 is 0 Å². The van der Waals surface area contributed by atoms with E-state index in [2.05, 4.69) is 6.92 Å². The lowest BCUT2D eigenvalue weighted by Crippen LogP contribution is -2.28. The summed E-state index contributed by atoms with van der Waals surface area (Å²) in [6.07, 6.45) is 11.1. The lowest BCUT2D eigenvalue weighted by molar-refractivity contribution is 0.0692. The normalized spacial score (nSPS) is 42.9. The third-order valence-corrected chi connectivity index (χ3v) is 5.23. The third kappa shape index (κ3) is 3.00. The molecule has 2 fully saturated rings. The van der Waals surface area contributed by atoms with Gasteiger partial charge in [0.2, 0.25) is 0 Å². The van der Waals surface area contributed by atoms with Crippen molar-refractivity contribution in [1.82, 2.24) is 0 Å². The second kappa shape index (κ2) is 5.53. The van der Waals surface area contributed by atoms with Crippen LogP contribution < -0.4 is 0 Å². The topological polar surface area (TPSA) is 20.2 Å². The summed E-state index contributed by atoms with van der Waals surface area (Å²) in [5.41, 5.74) is 0. The van der Waals surface area contributed by atoms with Gasteiger partial charge in [-0.2, -0.15) is 0 Å². The van der Waals surface area contributed by atoms with Crippen LogP contribution in [0.3, 0.4) is 0 Å². The Morgan fingerprint density at radius 1 is 0.812 bits per heavy atom. The summed E-state index contributed by atoms with van der Waals surface area (Å²) in [4.78, 5) is 0. The van der Waals surface area contributed by atoms with E-state index in [0.717, 1.165) is 17.8 Å². The largest absolute Gasteiger partial charge is 0.393 e. The van der Waals surface area contributed by atoms with E-state index < -0.39 is 0 Å². The van der Waals surface area contributed by atoms with Crippen LogP contribution in [0.15, 0.2) is 0 Å². The molecule has 0 bridgehead atoms. The first-order valence-electron chi connectivity index (χ1n) is 7.35. The minimum Gasteiger partial charge on any atom is -0.393 e. The summed E-state index contributed by atoms with van der Waals surface area (Å²) < 4.78 is 0. The van der Waals surface area contributed by atoms with Gasteiger partial charge in [-0.25, -0.2) is 0 Å². The van der Waals surface area contributed by atoms with E-state index >= 15 is 0 Å². The molecule has 94 valence electrons. The molecule has 1 atom stereocenters. The smallest absolute Gasteiger partial charge is 0.0540 e. The molecule has 1 nitrogen and oxygen atoms in total.